The van der Waals surface area contributed by atoms with E-state index >= 15 is 0 Å². The molecule has 0 aliphatic heterocycles. The average Bonchev–Trinajstić information content (AvgIpc) is 3.28. The smallest absolute Gasteiger partial charge is 0.235 e. The zero-order valence-corrected chi connectivity index (χ0v) is 14.7. The van der Waals surface area contributed by atoms with E-state index in [4.69, 9.17) is 5.10 Å². The number of fused-ring (bicyclic) bond motifs is 2. The third-order valence-electron chi connectivity index (χ3n) is 3.87. The van der Waals surface area contributed by atoms with E-state index < -0.39 is 0 Å². The van der Waals surface area contributed by atoms with Crippen molar-refractivity contribution in [3.63, 3.8) is 0 Å². The van der Waals surface area contributed by atoms with Gasteiger partial charge in [-0.15, -0.1) is 10.2 Å². The van der Waals surface area contributed by atoms with Gasteiger partial charge in [0.15, 0.2) is 0 Å². The van der Waals surface area contributed by atoms with Crippen molar-refractivity contribution in [2.75, 3.05) is 0 Å². The number of aromatic amines is 1. The first-order valence-corrected chi connectivity index (χ1v) is 8.96. The van der Waals surface area contributed by atoms with Crippen molar-refractivity contribution < 1.29 is 0 Å². The Balaban J connectivity index is 1.69. The van der Waals surface area contributed by atoms with Gasteiger partial charge >= 0.3 is 0 Å². The molecule has 5 aromatic rings. The third kappa shape index (κ3) is 2.09. The van der Waals surface area contributed by atoms with Gasteiger partial charge in [-0.2, -0.15) is 9.61 Å². The number of nitrogens with zero attached hydrogens (tertiary/aromatic N) is 4. The van der Waals surface area contributed by atoms with Gasteiger partial charge in [0.25, 0.3) is 0 Å². The minimum Gasteiger partial charge on any atom is -0.352 e. The van der Waals surface area contributed by atoms with Crippen LogP contribution in [-0.2, 0) is 0 Å². The highest BCUT2D eigenvalue weighted by Crippen LogP contribution is 2.32. The molecule has 0 spiro atoms. The molecule has 7 heteroatoms. The Morgan fingerprint density at radius 2 is 1.83 bits per heavy atom. The topological polar surface area (TPSA) is 58.9 Å². The van der Waals surface area contributed by atoms with Gasteiger partial charge in [-0.1, -0.05) is 63.7 Å². The first-order valence-electron chi connectivity index (χ1n) is 7.35. The summed E-state index contributed by atoms with van der Waals surface area (Å²) in [7, 11) is 0. The molecule has 0 fully saturated rings. The number of hydrogen-bond donors (Lipinski definition) is 1. The maximum Gasteiger partial charge on any atom is 0.235 e. The number of hydrogen-bond acceptors (Lipinski definition) is 4. The molecule has 0 atom stereocenters. The zero-order valence-electron chi connectivity index (χ0n) is 12.3. The molecule has 0 bridgehead atoms. The minimum absolute atomic E-state index is 0.718. The van der Waals surface area contributed by atoms with Crippen LogP contribution >= 0.6 is 27.3 Å². The molecule has 0 aliphatic rings. The van der Waals surface area contributed by atoms with E-state index in [1.165, 1.54) is 11.3 Å². The lowest BCUT2D eigenvalue weighted by molar-refractivity contribution is 0.965. The quantitative estimate of drug-likeness (QED) is 0.468. The standard InChI is InChI=1S/C17H10BrN5S/c18-12-7-3-2-6-11(12)16-22-23-15(20-21-17(23)24-16)14-9-10-5-1-4-8-13(10)19-14/h1-9,19H. The van der Waals surface area contributed by atoms with Crippen LogP contribution in [0.1, 0.15) is 0 Å². The van der Waals surface area contributed by atoms with Crippen molar-refractivity contribution in [1.29, 1.82) is 0 Å². The van der Waals surface area contributed by atoms with Crippen molar-refractivity contribution in [3.8, 4) is 22.1 Å². The molecule has 116 valence electrons. The normalized spacial score (nSPS) is 11.5. The van der Waals surface area contributed by atoms with Gasteiger partial charge in [-0.3, -0.25) is 0 Å². The second-order valence-corrected chi connectivity index (χ2v) is 7.19. The van der Waals surface area contributed by atoms with Crippen LogP contribution in [0.3, 0.4) is 0 Å². The summed E-state index contributed by atoms with van der Waals surface area (Å²) in [5.74, 6) is 0.718. The number of nitrogens with one attached hydrogen (secondary N) is 1. The second-order valence-electron chi connectivity index (χ2n) is 5.38. The Morgan fingerprint density at radius 1 is 1.00 bits per heavy atom. The predicted octanol–water partition coefficient (Wildman–Crippen LogP) is 4.76. The monoisotopic (exact) mass is 395 g/mol. The highest BCUT2D eigenvalue weighted by Gasteiger charge is 2.16. The van der Waals surface area contributed by atoms with Crippen LogP contribution in [0.15, 0.2) is 59.1 Å². The fraction of sp³-hybridized carbons (Fsp3) is 0. The molecule has 24 heavy (non-hydrogen) atoms. The van der Waals surface area contributed by atoms with Gasteiger partial charge in [-0.25, -0.2) is 0 Å². The van der Waals surface area contributed by atoms with Crippen molar-refractivity contribution in [2.24, 2.45) is 0 Å². The summed E-state index contributed by atoms with van der Waals surface area (Å²) in [5, 5.41) is 15.3. The van der Waals surface area contributed by atoms with E-state index in [0.29, 0.717) is 0 Å². The maximum absolute atomic E-state index is 4.71. The van der Waals surface area contributed by atoms with Crippen LogP contribution in [0, 0.1) is 0 Å². The number of H-pyrrole nitrogens is 1. The Bertz CT molecular complexity index is 1150. The first-order chi connectivity index (χ1) is 11.8. The molecule has 3 aromatic heterocycles. The zero-order chi connectivity index (χ0) is 16.1. The SMILES string of the molecule is Brc1ccccc1-c1nn2c(-c3cc4ccccc4[nH]3)nnc2s1. The summed E-state index contributed by atoms with van der Waals surface area (Å²) in [6, 6.07) is 18.3. The molecule has 5 rings (SSSR count). The van der Waals surface area contributed by atoms with E-state index in [2.05, 4.69) is 43.2 Å². The van der Waals surface area contributed by atoms with Gasteiger partial charge in [0.05, 0.1) is 5.69 Å². The largest absolute Gasteiger partial charge is 0.352 e. The Morgan fingerprint density at radius 3 is 2.71 bits per heavy atom. The van der Waals surface area contributed by atoms with Gasteiger partial charge < -0.3 is 4.98 Å². The Hall–Kier alpha value is -2.51. The molecular formula is C17H10BrN5S. The lowest BCUT2D eigenvalue weighted by Gasteiger charge is -1.98. The Kier molecular flexibility index (Phi) is 3.04. The molecule has 3 heterocycles. The van der Waals surface area contributed by atoms with Crippen LogP contribution in [-0.4, -0.2) is 24.8 Å². The number of halogens is 1. The molecule has 0 aliphatic carbocycles. The van der Waals surface area contributed by atoms with Crippen molar-refractivity contribution in [1.82, 2.24) is 24.8 Å². The van der Waals surface area contributed by atoms with E-state index in [1.807, 2.05) is 42.5 Å². The number of aromatic nitrogens is 5. The summed E-state index contributed by atoms with van der Waals surface area (Å²) < 4.78 is 2.81. The van der Waals surface area contributed by atoms with Crippen molar-refractivity contribution in [3.05, 3.63) is 59.1 Å². The molecule has 0 saturated carbocycles. The fourth-order valence-electron chi connectivity index (χ4n) is 2.72. The fourth-order valence-corrected chi connectivity index (χ4v) is 4.20. The molecule has 0 saturated heterocycles. The molecule has 2 aromatic carbocycles. The number of para-hydroxylation sites is 1. The van der Waals surface area contributed by atoms with Crippen LogP contribution < -0.4 is 0 Å². The number of benzene rings is 2. The highest BCUT2D eigenvalue weighted by atomic mass is 79.9. The summed E-state index contributed by atoms with van der Waals surface area (Å²) in [4.78, 5) is 4.16. The summed E-state index contributed by atoms with van der Waals surface area (Å²) in [5.41, 5.74) is 3.04. The lowest BCUT2D eigenvalue weighted by atomic mass is 10.2. The first kappa shape index (κ1) is 13.9. The van der Waals surface area contributed by atoms with Gasteiger partial charge in [0.2, 0.25) is 10.8 Å². The van der Waals surface area contributed by atoms with E-state index in [1.54, 1.807) is 4.52 Å². The molecular weight excluding hydrogens is 386 g/mol. The van der Waals surface area contributed by atoms with Gasteiger partial charge in [-0.05, 0) is 18.2 Å². The van der Waals surface area contributed by atoms with E-state index in [-0.39, 0.29) is 0 Å². The van der Waals surface area contributed by atoms with E-state index in [0.717, 1.165) is 42.4 Å². The predicted molar refractivity (Wildman–Crippen MR) is 99.1 cm³/mol. The average molecular weight is 396 g/mol. The molecule has 0 unspecified atom stereocenters. The maximum atomic E-state index is 4.71. The van der Waals surface area contributed by atoms with E-state index in [9.17, 15) is 0 Å². The van der Waals surface area contributed by atoms with Crippen molar-refractivity contribution >= 4 is 43.1 Å². The summed E-state index contributed by atoms with van der Waals surface area (Å²) in [6.45, 7) is 0. The molecule has 0 radical (unpaired) electrons. The highest BCUT2D eigenvalue weighted by molar-refractivity contribution is 9.10. The lowest BCUT2D eigenvalue weighted by Crippen LogP contribution is -1.91. The van der Waals surface area contributed by atoms with Crippen LogP contribution in [0.25, 0.3) is 38.0 Å². The Labute approximate surface area is 149 Å². The summed E-state index contributed by atoms with van der Waals surface area (Å²) >= 11 is 5.10. The van der Waals surface area contributed by atoms with Crippen LogP contribution in [0.5, 0.6) is 0 Å². The molecule has 0 amide bonds. The van der Waals surface area contributed by atoms with Crippen molar-refractivity contribution in [2.45, 2.75) is 0 Å². The molecule has 1 N–H and O–H groups in total. The third-order valence-corrected chi connectivity index (χ3v) is 5.49. The van der Waals surface area contributed by atoms with Crippen LogP contribution in [0.4, 0.5) is 0 Å². The van der Waals surface area contributed by atoms with Gasteiger partial charge in [0.1, 0.15) is 5.01 Å². The second kappa shape index (κ2) is 5.25. The number of rotatable bonds is 2. The molecule has 5 nitrogen and oxygen atoms in total. The summed E-state index contributed by atoms with van der Waals surface area (Å²) in [6.07, 6.45) is 0. The van der Waals surface area contributed by atoms with Crippen LogP contribution in [0.2, 0.25) is 0 Å². The minimum atomic E-state index is 0.718. The van der Waals surface area contributed by atoms with Gasteiger partial charge in [0, 0.05) is 20.9 Å².